The minimum atomic E-state index is -1.35. The Bertz CT molecular complexity index is 535. The number of amides is 1. The van der Waals surface area contributed by atoms with Gasteiger partial charge in [-0.1, -0.05) is 0 Å². The second kappa shape index (κ2) is 4.30. The van der Waals surface area contributed by atoms with E-state index in [0.717, 1.165) is 0 Å². The third-order valence-electron chi connectivity index (χ3n) is 2.62. The molecule has 1 saturated carbocycles. The molecule has 1 aromatic carbocycles. The summed E-state index contributed by atoms with van der Waals surface area (Å²) >= 11 is 0. The van der Waals surface area contributed by atoms with Crippen LogP contribution in [0.1, 0.15) is 16.8 Å². The maximum absolute atomic E-state index is 13.6. The van der Waals surface area contributed by atoms with Crippen LogP contribution in [0, 0.1) is 21.7 Å². The average Bonchev–Trinajstić information content (AvgIpc) is 2.96. The molecule has 2 rings (SSSR count). The highest BCUT2D eigenvalue weighted by Gasteiger charge is 2.36. The molecule has 8 heteroatoms. The highest BCUT2D eigenvalue weighted by atomic mass is 19.1. The fraction of sp³-hybridized carbons (Fsp3) is 0.300. The summed E-state index contributed by atoms with van der Waals surface area (Å²) in [7, 11) is 0. The van der Waals surface area contributed by atoms with Crippen molar-refractivity contribution < 1.29 is 18.5 Å². The molecule has 3 N–H and O–H groups in total. The molecule has 96 valence electrons. The van der Waals surface area contributed by atoms with E-state index in [1.807, 2.05) is 0 Å². The summed E-state index contributed by atoms with van der Waals surface area (Å²) in [5, 5.41) is 12.8. The van der Waals surface area contributed by atoms with Gasteiger partial charge in [-0.25, -0.2) is 4.39 Å². The number of benzene rings is 1. The van der Waals surface area contributed by atoms with E-state index >= 15 is 0 Å². The quantitative estimate of drug-likeness (QED) is 0.615. The van der Waals surface area contributed by atoms with Crippen LogP contribution in [0.3, 0.4) is 0 Å². The van der Waals surface area contributed by atoms with Crippen molar-refractivity contribution in [3.8, 4) is 0 Å². The molecule has 2 unspecified atom stereocenters. The molecule has 1 fully saturated rings. The molecule has 1 amide bonds. The van der Waals surface area contributed by atoms with E-state index < -0.39 is 33.7 Å². The first-order valence-corrected chi connectivity index (χ1v) is 5.10. The summed E-state index contributed by atoms with van der Waals surface area (Å²) in [5.74, 6) is -3.31. The number of hydrogen-bond donors (Lipinski definition) is 2. The van der Waals surface area contributed by atoms with Crippen LogP contribution in [-0.2, 0) is 0 Å². The molecule has 0 aromatic heterocycles. The van der Waals surface area contributed by atoms with E-state index in [4.69, 9.17) is 5.73 Å². The zero-order chi connectivity index (χ0) is 13.4. The lowest BCUT2D eigenvalue weighted by atomic mass is 10.1. The van der Waals surface area contributed by atoms with Gasteiger partial charge in [-0.15, -0.1) is 0 Å². The van der Waals surface area contributed by atoms with Crippen LogP contribution in [0.15, 0.2) is 12.1 Å². The van der Waals surface area contributed by atoms with E-state index in [9.17, 15) is 23.7 Å². The Morgan fingerprint density at radius 3 is 2.61 bits per heavy atom. The Morgan fingerprint density at radius 2 is 2.11 bits per heavy atom. The monoisotopic (exact) mass is 257 g/mol. The van der Waals surface area contributed by atoms with Crippen molar-refractivity contribution in [2.45, 2.75) is 18.5 Å². The van der Waals surface area contributed by atoms with Crippen LogP contribution in [0.25, 0.3) is 0 Å². The van der Waals surface area contributed by atoms with Gasteiger partial charge < -0.3 is 11.1 Å². The zero-order valence-corrected chi connectivity index (χ0v) is 9.02. The maximum atomic E-state index is 13.6. The van der Waals surface area contributed by atoms with Crippen molar-refractivity contribution in [1.29, 1.82) is 0 Å². The van der Waals surface area contributed by atoms with E-state index in [-0.39, 0.29) is 12.1 Å². The predicted octanol–water partition coefficient (Wildman–Crippen LogP) is 0.702. The largest absolute Gasteiger partial charge is 0.348 e. The molecule has 1 aromatic rings. The first-order valence-electron chi connectivity index (χ1n) is 5.10. The van der Waals surface area contributed by atoms with Crippen molar-refractivity contribution in [2.75, 3.05) is 0 Å². The lowest BCUT2D eigenvalue weighted by molar-refractivity contribution is -0.387. The molecule has 0 aliphatic heterocycles. The van der Waals surface area contributed by atoms with Gasteiger partial charge in [0, 0.05) is 12.1 Å². The Labute approximate surface area is 99.9 Å². The Balaban J connectivity index is 2.31. The van der Waals surface area contributed by atoms with Crippen LogP contribution in [0.4, 0.5) is 14.5 Å². The van der Waals surface area contributed by atoms with Gasteiger partial charge in [-0.3, -0.25) is 14.9 Å². The number of rotatable bonds is 3. The normalized spacial score (nSPS) is 21.5. The molecule has 0 spiro atoms. The number of nitrogens with two attached hydrogens (primary N) is 1. The van der Waals surface area contributed by atoms with Crippen molar-refractivity contribution in [3.05, 3.63) is 39.4 Å². The molecule has 0 radical (unpaired) electrons. The lowest BCUT2D eigenvalue weighted by Crippen LogP contribution is -2.30. The molecular weight excluding hydrogens is 248 g/mol. The number of carbonyl (C=O) groups is 1. The first-order chi connectivity index (χ1) is 8.40. The number of nitro benzene ring substituents is 1. The summed E-state index contributed by atoms with van der Waals surface area (Å²) in [4.78, 5) is 21.0. The molecule has 1 aliphatic carbocycles. The SMILES string of the molecule is NC1CC1NC(=O)c1cc(F)cc([N+](=O)[O-])c1F. The Hall–Kier alpha value is -2.09. The third-order valence-corrected chi connectivity index (χ3v) is 2.62. The van der Waals surface area contributed by atoms with Crippen molar-refractivity contribution >= 4 is 11.6 Å². The minimum Gasteiger partial charge on any atom is -0.348 e. The second-order valence-electron chi connectivity index (χ2n) is 4.02. The highest BCUT2D eigenvalue weighted by molar-refractivity contribution is 5.95. The molecule has 0 heterocycles. The summed E-state index contributed by atoms with van der Waals surface area (Å²) in [5.41, 5.74) is 3.69. The minimum absolute atomic E-state index is 0.208. The number of nitrogens with one attached hydrogen (secondary N) is 1. The van der Waals surface area contributed by atoms with Gasteiger partial charge in [-0.2, -0.15) is 4.39 Å². The van der Waals surface area contributed by atoms with Crippen LogP contribution in [0.2, 0.25) is 0 Å². The molecule has 2 atom stereocenters. The van der Waals surface area contributed by atoms with E-state index in [1.54, 1.807) is 0 Å². The number of halogens is 2. The fourth-order valence-corrected chi connectivity index (χ4v) is 1.50. The molecule has 18 heavy (non-hydrogen) atoms. The van der Waals surface area contributed by atoms with Gasteiger partial charge in [-0.05, 0) is 12.5 Å². The van der Waals surface area contributed by atoms with Crippen molar-refractivity contribution in [1.82, 2.24) is 5.32 Å². The number of nitrogens with zero attached hydrogens (tertiary/aromatic N) is 1. The summed E-state index contributed by atoms with van der Waals surface area (Å²) in [6.45, 7) is 0. The summed E-state index contributed by atoms with van der Waals surface area (Å²) < 4.78 is 26.7. The zero-order valence-electron chi connectivity index (χ0n) is 9.02. The van der Waals surface area contributed by atoms with Gasteiger partial charge >= 0.3 is 5.69 Å². The van der Waals surface area contributed by atoms with Gasteiger partial charge in [0.15, 0.2) is 0 Å². The number of nitro groups is 1. The summed E-state index contributed by atoms with van der Waals surface area (Å²) in [6, 6.07) is 0.542. The van der Waals surface area contributed by atoms with E-state index in [1.165, 1.54) is 0 Å². The van der Waals surface area contributed by atoms with Crippen LogP contribution in [-0.4, -0.2) is 22.9 Å². The van der Waals surface area contributed by atoms with E-state index in [2.05, 4.69) is 5.32 Å². The van der Waals surface area contributed by atoms with Crippen molar-refractivity contribution in [3.63, 3.8) is 0 Å². The van der Waals surface area contributed by atoms with Crippen LogP contribution in [0.5, 0.6) is 0 Å². The summed E-state index contributed by atoms with van der Waals surface area (Å²) in [6.07, 6.45) is 0.546. The van der Waals surface area contributed by atoms with Gasteiger partial charge in [0.2, 0.25) is 5.82 Å². The molecular formula is C10H9F2N3O3. The molecule has 1 aliphatic rings. The average molecular weight is 257 g/mol. The third kappa shape index (κ3) is 2.28. The predicted molar refractivity (Wildman–Crippen MR) is 56.9 cm³/mol. The first kappa shape index (κ1) is 12.4. The van der Waals surface area contributed by atoms with Crippen LogP contribution < -0.4 is 11.1 Å². The van der Waals surface area contributed by atoms with E-state index in [0.29, 0.717) is 18.6 Å². The van der Waals surface area contributed by atoms with Gasteiger partial charge in [0.05, 0.1) is 16.6 Å². The topological polar surface area (TPSA) is 98.3 Å². The number of hydrogen-bond acceptors (Lipinski definition) is 4. The van der Waals surface area contributed by atoms with Gasteiger partial charge in [0.25, 0.3) is 5.91 Å². The van der Waals surface area contributed by atoms with Crippen LogP contribution >= 0.6 is 0 Å². The molecule has 6 nitrogen and oxygen atoms in total. The molecule has 0 bridgehead atoms. The van der Waals surface area contributed by atoms with Crippen molar-refractivity contribution in [2.24, 2.45) is 5.73 Å². The Morgan fingerprint density at radius 1 is 1.50 bits per heavy atom. The molecule has 0 saturated heterocycles. The smallest absolute Gasteiger partial charge is 0.308 e. The fourth-order valence-electron chi connectivity index (χ4n) is 1.50. The maximum Gasteiger partial charge on any atom is 0.308 e. The second-order valence-corrected chi connectivity index (χ2v) is 4.02. The highest BCUT2D eigenvalue weighted by Crippen LogP contribution is 2.24. The lowest BCUT2D eigenvalue weighted by Gasteiger charge is -2.05. The Kier molecular flexibility index (Phi) is 2.95. The number of carbonyl (C=O) groups excluding carboxylic acids is 1. The van der Waals surface area contributed by atoms with Gasteiger partial charge in [0.1, 0.15) is 5.82 Å². The standard InChI is InChI=1S/C10H9F2N3O3/c11-4-1-5(9(12)8(2-4)15(17)18)10(16)14-7-3-6(7)13/h1-2,6-7H,3,13H2,(H,14,16).